The number of halogens is 2. The molecule has 1 heterocycles. The van der Waals surface area contributed by atoms with Gasteiger partial charge in [-0.1, -0.05) is 47.5 Å². The number of nitrogens with zero attached hydrogens (tertiary/aromatic N) is 2. The molecule has 0 aliphatic rings. The average Bonchev–Trinajstić information content (AvgIpc) is 3.21. The van der Waals surface area contributed by atoms with Gasteiger partial charge in [0.05, 0.1) is 18.1 Å². The van der Waals surface area contributed by atoms with Crippen LogP contribution in [0.4, 0.5) is 0 Å². The van der Waals surface area contributed by atoms with Crippen LogP contribution in [-0.2, 0) is 6.61 Å². The van der Waals surface area contributed by atoms with Crippen LogP contribution in [-0.4, -0.2) is 17.3 Å². The number of rotatable bonds is 6. The van der Waals surface area contributed by atoms with Gasteiger partial charge in [0, 0.05) is 5.02 Å². The van der Waals surface area contributed by atoms with Crippen LogP contribution >= 0.6 is 23.2 Å². The molecular formula is C22H18Cl2N2O3. The predicted octanol–water partition coefficient (Wildman–Crippen LogP) is 6.27. The van der Waals surface area contributed by atoms with Gasteiger partial charge in [0.2, 0.25) is 5.89 Å². The molecule has 0 saturated carbocycles. The SMILES string of the molecule is COc1ccc2cc(C(C)c3nnc(COc4ccc(Cl)cc4Cl)o3)ccc2c1. The fourth-order valence-electron chi connectivity index (χ4n) is 3.01. The lowest BCUT2D eigenvalue weighted by Crippen LogP contribution is -1.97. The maximum absolute atomic E-state index is 6.11. The van der Waals surface area contributed by atoms with Crippen molar-refractivity contribution in [3.8, 4) is 11.5 Å². The van der Waals surface area contributed by atoms with E-state index >= 15 is 0 Å². The van der Waals surface area contributed by atoms with Gasteiger partial charge in [0.15, 0.2) is 6.61 Å². The molecule has 3 aromatic carbocycles. The van der Waals surface area contributed by atoms with Gasteiger partial charge in [-0.15, -0.1) is 10.2 Å². The first-order valence-electron chi connectivity index (χ1n) is 9.01. The highest BCUT2D eigenvalue weighted by Crippen LogP contribution is 2.30. The Balaban J connectivity index is 1.49. The summed E-state index contributed by atoms with van der Waals surface area (Å²) < 4.78 is 16.7. The second-order valence-electron chi connectivity index (χ2n) is 6.59. The normalized spacial score (nSPS) is 12.1. The van der Waals surface area contributed by atoms with Crippen molar-refractivity contribution in [1.29, 1.82) is 0 Å². The van der Waals surface area contributed by atoms with Crippen LogP contribution in [0.2, 0.25) is 10.0 Å². The Bertz CT molecular complexity index is 1160. The summed E-state index contributed by atoms with van der Waals surface area (Å²) in [6.45, 7) is 2.15. The standard InChI is InChI=1S/C22H18Cl2N2O3/c1-13(14-3-4-16-10-18(27-2)7-5-15(16)9-14)22-26-25-21(29-22)12-28-20-8-6-17(23)11-19(20)24/h3-11,13H,12H2,1-2H3. The van der Waals surface area contributed by atoms with Gasteiger partial charge >= 0.3 is 0 Å². The summed E-state index contributed by atoms with van der Waals surface area (Å²) in [5.74, 6) is 2.19. The second kappa shape index (κ2) is 8.31. The van der Waals surface area contributed by atoms with E-state index in [0.29, 0.717) is 27.6 Å². The van der Waals surface area contributed by atoms with Gasteiger partial charge < -0.3 is 13.9 Å². The zero-order valence-corrected chi connectivity index (χ0v) is 17.4. The van der Waals surface area contributed by atoms with Crippen molar-refractivity contribution in [3.63, 3.8) is 0 Å². The number of aromatic nitrogens is 2. The summed E-state index contributed by atoms with van der Waals surface area (Å²) in [6, 6.07) is 17.3. The number of ether oxygens (including phenoxy) is 2. The zero-order valence-electron chi connectivity index (χ0n) is 15.9. The van der Waals surface area contributed by atoms with Gasteiger partial charge in [-0.25, -0.2) is 0 Å². The third kappa shape index (κ3) is 4.31. The van der Waals surface area contributed by atoms with E-state index in [2.05, 4.69) is 28.4 Å². The molecule has 7 heteroatoms. The van der Waals surface area contributed by atoms with Crippen molar-refractivity contribution >= 4 is 34.0 Å². The van der Waals surface area contributed by atoms with Gasteiger partial charge in [-0.3, -0.25) is 0 Å². The quantitative estimate of drug-likeness (QED) is 0.362. The molecule has 148 valence electrons. The van der Waals surface area contributed by atoms with E-state index in [4.69, 9.17) is 37.1 Å². The van der Waals surface area contributed by atoms with Crippen molar-refractivity contribution in [1.82, 2.24) is 10.2 Å². The molecule has 0 spiro atoms. The molecule has 4 aromatic rings. The molecule has 5 nitrogen and oxygen atoms in total. The topological polar surface area (TPSA) is 57.4 Å². The monoisotopic (exact) mass is 428 g/mol. The summed E-state index contributed by atoms with van der Waals surface area (Å²) in [5, 5.41) is 11.5. The maximum atomic E-state index is 6.11. The summed E-state index contributed by atoms with van der Waals surface area (Å²) in [5.41, 5.74) is 1.08. The van der Waals surface area contributed by atoms with Crippen molar-refractivity contribution in [2.45, 2.75) is 19.4 Å². The number of benzene rings is 3. The molecule has 0 aliphatic heterocycles. The summed E-state index contributed by atoms with van der Waals surface area (Å²) in [7, 11) is 1.66. The Kier molecular flexibility index (Phi) is 5.60. The largest absolute Gasteiger partial charge is 0.497 e. The average molecular weight is 429 g/mol. The van der Waals surface area contributed by atoms with Crippen LogP contribution < -0.4 is 9.47 Å². The molecule has 0 amide bonds. The Hall–Kier alpha value is -2.76. The van der Waals surface area contributed by atoms with E-state index in [-0.39, 0.29) is 12.5 Å². The second-order valence-corrected chi connectivity index (χ2v) is 7.44. The number of methoxy groups -OCH3 is 1. The van der Waals surface area contributed by atoms with E-state index in [0.717, 1.165) is 22.1 Å². The molecule has 0 aliphatic carbocycles. The lowest BCUT2D eigenvalue weighted by Gasteiger charge is -2.09. The van der Waals surface area contributed by atoms with E-state index in [9.17, 15) is 0 Å². The van der Waals surface area contributed by atoms with Crippen LogP contribution in [0.15, 0.2) is 59.0 Å². The third-order valence-electron chi connectivity index (χ3n) is 4.67. The molecule has 29 heavy (non-hydrogen) atoms. The fourth-order valence-corrected chi connectivity index (χ4v) is 3.48. The molecule has 0 saturated heterocycles. The summed E-state index contributed by atoms with van der Waals surface area (Å²) in [6.07, 6.45) is 0. The van der Waals surface area contributed by atoms with Crippen LogP contribution in [0, 0.1) is 0 Å². The first kappa shape index (κ1) is 19.6. The van der Waals surface area contributed by atoms with E-state index in [1.54, 1.807) is 25.3 Å². The lowest BCUT2D eigenvalue weighted by molar-refractivity contribution is 0.258. The lowest BCUT2D eigenvalue weighted by atomic mass is 9.97. The predicted molar refractivity (Wildman–Crippen MR) is 113 cm³/mol. The Labute approximate surface area is 178 Å². The van der Waals surface area contributed by atoms with E-state index in [1.807, 2.05) is 25.1 Å². The van der Waals surface area contributed by atoms with E-state index < -0.39 is 0 Å². The molecule has 1 unspecified atom stereocenters. The van der Waals surface area contributed by atoms with Crippen LogP contribution in [0.25, 0.3) is 10.8 Å². The minimum atomic E-state index is -0.0538. The van der Waals surface area contributed by atoms with Crippen LogP contribution in [0.1, 0.15) is 30.2 Å². The zero-order chi connectivity index (χ0) is 20.4. The first-order valence-corrected chi connectivity index (χ1v) is 9.77. The van der Waals surface area contributed by atoms with Crippen molar-refractivity contribution in [3.05, 3.63) is 82.0 Å². The third-order valence-corrected chi connectivity index (χ3v) is 5.20. The highest BCUT2D eigenvalue weighted by atomic mass is 35.5. The molecular weight excluding hydrogens is 411 g/mol. The number of hydrogen-bond donors (Lipinski definition) is 0. The van der Waals surface area contributed by atoms with Gasteiger partial charge in [0.1, 0.15) is 11.5 Å². The highest BCUT2D eigenvalue weighted by molar-refractivity contribution is 6.35. The van der Waals surface area contributed by atoms with Gasteiger partial charge in [-0.05, 0) is 53.6 Å². The molecule has 1 aromatic heterocycles. The van der Waals surface area contributed by atoms with Crippen LogP contribution in [0.3, 0.4) is 0 Å². The molecule has 0 fully saturated rings. The smallest absolute Gasteiger partial charge is 0.253 e. The first-order chi connectivity index (χ1) is 14.0. The molecule has 1 atom stereocenters. The molecule has 4 rings (SSSR count). The fraction of sp³-hybridized carbons (Fsp3) is 0.182. The Morgan fingerprint density at radius 1 is 0.966 bits per heavy atom. The molecule has 0 bridgehead atoms. The minimum absolute atomic E-state index is 0.0538. The number of hydrogen-bond acceptors (Lipinski definition) is 5. The molecule has 0 radical (unpaired) electrons. The summed E-state index contributed by atoms with van der Waals surface area (Å²) >= 11 is 12.0. The van der Waals surface area contributed by atoms with E-state index in [1.165, 1.54) is 0 Å². The Morgan fingerprint density at radius 2 is 1.76 bits per heavy atom. The maximum Gasteiger partial charge on any atom is 0.253 e. The van der Waals surface area contributed by atoms with Gasteiger partial charge in [0.25, 0.3) is 5.89 Å². The van der Waals surface area contributed by atoms with Crippen molar-refractivity contribution < 1.29 is 13.9 Å². The van der Waals surface area contributed by atoms with Crippen LogP contribution in [0.5, 0.6) is 11.5 Å². The highest BCUT2D eigenvalue weighted by Gasteiger charge is 2.17. The summed E-state index contributed by atoms with van der Waals surface area (Å²) in [4.78, 5) is 0. The number of fused-ring (bicyclic) bond motifs is 1. The minimum Gasteiger partial charge on any atom is -0.497 e. The Morgan fingerprint density at radius 3 is 2.55 bits per heavy atom. The van der Waals surface area contributed by atoms with Crippen molar-refractivity contribution in [2.75, 3.05) is 7.11 Å². The molecule has 0 N–H and O–H groups in total. The van der Waals surface area contributed by atoms with Gasteiger partial charge in [-0.2, -0.15) is 0 Å². The van der Waals surface area contributed by atoms with Crippen molar-refractivity contribution in [2.24, 2.45) is 0 Å².